The Bertz CT molecular complexity index is 1720. The molecule has 1 heterocycles. The third-order valence-electron chi connectivity index (χ3n) is 9.24. The summed E-state index contributed by atoms with van der Waals surface area (Å²) < 4.78 is 51.0. The number of rotatable bonds is 16. The molecule has 1 aliphatic rings. The normalized spacial score (nSPS) is 18.0. The zero-order chi connectivity index (χ0) is 36.7. The fraction of sp³-hybridized carbons (Fsp3) is 0.350. The lowest BCUT2D eigenvalue weighted by molar-refractivity contribution is 0.0287. The van der Waals surface area contributed by atoms with Crippen LogP contribution >= 0.6 is 0 Å². The molecular weight excluding hydrogens is 656 g/mol. The molecule has 4 atom stereocenters. The van der Waals surface area contributed by atoms with E-state index in [0.29, 0.717) is 57.1 Å². The van der Waals surface area contributed by atoms with Gasteiger partial charge in [-0.3, -0.25) is 9.59 Å². The molecule has 0 aromatic heterocycles. The van der Waals surface area contributed by atoms with E-state index in [-0.39, 0.29) is 48.8 Å². The summed E-state index contributed by atoms with van der Waals surface area (Å²) in [4.78, 5) is 25.8. The van der Waals surface area contributed by atoms with E-state index in [1.807, 2.05) is 24.3 Å². The number of carbonyl (C=O) groups excluding carboxylic acids is 2. The third-order valence-corrected chi connectivity index (χ3v) is 9.24. The Labute approximate surface area is 298 Å². The molecule has 1 saturated heterocycles. The zero-order valence-corrected chi connectivity index (χ0v) is 30.1. The molecule has 0 saturated carbocycles. The Balaban J connectivity index is 1.25. The van der Waals surface area contributed by atoms with Crippen LogP contribution < -0.4 is 37.9 Å². The van der Waals surface area contributed by atoms with Crippen LogP contribution in [0.15, 0.2) is 72.8 Å². The highest BCUT2D eigenvalue weighted by Crippen LogP contribution is 2.50. The van der Waals surface area contributed by atoms with Crippen LogP contribution in [0.25, 0.3) is 0 Å². The number of methoxy groups -OCH3 is 6. The van der Waals surface area contributed by atoms with Gasteiger partial charge in [0.05, 0.1) is 54.9 Å². The number of Topliss-reactive ketones (excluding diaryl/α,β-unsaturated/α-hetero) is 2. The van der Waals surface area contributed by atoms with Crippen molar-refractivity contribution in [3.8, 4) is 46.0 Å². The van der Waals surface area contributed by atoms with E-state index in [4.69, 9.17) is 42.6 Å². The van der Waals surface area contributed by atoms with Crippen molar-refractivity contribution >= 4 is 11.6 Å². The lowest BCUT2D eigenvalue weighted by Gasteiger charge is -2.19. The molecular formula is C40H44O11. The van der Waals surface area contributed by atoms with E-state index in [0.717, 1.165) is 11.1 Å². The van der Waals surface area contributed by atoms with Crippen molar-refractivity contribution in [3.05, 3.63) is 95.1 Å². The highest BCUT2D eigenvalue weighted by molar-refractivity contribution is 5.98. The van der Waals surface area contributed by atoms with Crippen LogP contribution in [0.5, 0.6) is 46.0 Å². The van der Waals surface area contributed by atoms with Crippen LogP contribution in [0.2, 0.25) is 0 Å². The topological polar surface area (TPSA) is 117 Å². The SMILES string of the molecule is COc1ccc(C(=O)COc2ccc(C3OC(c4ccc(OCC(=O)c5ccc(OC)c(OC)c5)c(OC)c4)[C@H](C)[C@H]3C)cc2OC)cc1OC. The average molecular weight is 701 g/mol. The molecule has 4 aromatic rings. The van der Waals surface area contributed by atoms with Crippen LogP contribution in [0.3, 0.4) is 0 Å². The van der Waals surface area contributed by atoms with Gasteiger partial charge in [-0.05, 0) is 83.6 Å². The summed E-state index contributed by atoms with van der Waals surface area (Å²) >= 11 is 0. The fourth-order valence-corrected chi connectivity index (χ4v) is 6.15. The summed E-state index contributed by atoms with van der Waals surface area (Å²) in [5.74, 6) is 3.72. The van der Waals surface area contributed by atoms with Crippen LogP contribution in [0, 0.1) is 11.8 Å². The number of hydrogen-bond donors (Lipinski definition) is 0. The van der Waals surface area contributed by atoms with E-state index in [1.54, 1.807) is 62.8 Å². The number of ether oxygens (including phenoxy) is 9. The van der Waals surface area contributed by atoms with Crippen molar-refractivity contribution in [2.24, 2.45) is 11.8 Å². The van der Waals surface area contributed by atoms with Gasteiger partial charge in [0.25, 0.3) is 0 Å². The molecule has 11 nitrogen and oxygen atoms in total. The monoisotopic (exact) mass is 700 g/mol. The van der Waals surface area contributed by atoms with E-state index in [1.165, 1.54) is 28.4 Å². The standard InChI is InChI=1S/C40H44O11/c1-23-24(2)40(28-12-16-34(38(20-28)48-8)50-22-30(42)26-10-14-32(44-4)36(18-26)46-6)51-39(23)27-11-15-33(37(19-27)47-7)49-21-29(41)25-9-13-31(43-3)35(17-25)45-5/h9-20,23-24,39-40H,21-22H2,1-8H3/t23-,24-,39?,40?/m1/s1. The molecule has 0 spiro atoms. The van der Waals surface area contributed by atoms with Crippen LogP contribution in [-0.2, 0) is 4.74 Å². The molecule has 1 aliphatic heterocycles. The van der Waals surface area contributed by atoms with Crippen LogP contribution in [0.1, 0.15) is 57.9 Å². The van der Waals surface area contributed by atoms with Gasteiger partial charge in [0.15, 0.2) is 70.8 Å². The Morgan fingerprint density at radius 3 is 1.16 bits per heavy atom. The van der Waals surface area contributed by atoms with Gasteiger partial charge in [-0.2, -0.15) is 0 Å². The van der Waals surface area contributed by atoms with E-state index in [2.05, 4.69) is 13.8 Å². The fourth-order valence-electron chi connectivity index (χ4n) is 6.15. The lowest BCUT2D eigenvalue weighted by Crippen LogP contribution is -2.13. The molecule has 51 heavy (non-hydrogen) atoms. The second kappa shape index (κ2) is 16.5. The summed E-state index contributed by atoms with van der Waals surface area (Å²) in [6, 6.07) is 21.2. The Morgan fingerprint density at radius 1 is 0.471 bits per heavy atom. The Morgan fingerprint density at radius 2 is 0.804 bits per heavy atom. The van der Waals surface area contributed by atoms with Crippen LogP contribution in [0.4, 0.5) is 0 Å². The maximum absolute atomic E-state index is 12.9. The summed E-state index contributed by atoms with van der Waals surface area (Å²) in [6.07, 6.45) is -0.468. The minimum Gasteiger partial charge on any atom is -0.493 e. The predicted octanol–water partition coefficient (Wildman–Crippen LogP) is 7.35. The van der Waals surface area contributed by atoms with Gasteiger partial charge in [0, 0.05) is 11.1 Å². The minimum atomic E-state index is -0.234. The molecule has 0 radical (unpaired) electrons. The predicted molar refractivity (Wildman–Crippen MR) is 190 cm³/mol. The molecule has 1 fully saturated rings. The van der Waals surface area contributed by atoms with E-state index >= 15 is 0 Å². The third kappa shape index (κ3) is 7.99. The van der Waals surface area contributed by atoms with Gasteiger partial charge in [-0.25, -0.2) is 0 Å². The maximum Gasteiger partial charge on any atom is 0.200 e. The van der Waals surface area contributed by atoms with E-state index < -0.39 is 0 Å². The number of ketones is 2. The largest absolute Gasteiger partial charge is 0.493 e. The summed E-state index contributed by atoms with van der Waals surface area (Å²) in [6.45, 7) is 3.93. The molecule has 0 amide bonds. The number of hydrogen-bond acceptors (Lipinski definition) is 11. The van der Waals surface area contributed by atoms with Crippen LogP contribution in [-0.4, -0.2) is 67.4 Å². The molecule has 11 heteroatoms. The van der Waals surface area contributed by atoms with Crippen molar-refractivity contribution in [1.82, 2.24) is 0 Å². The second-order valence-electron chi connectivity index (χ2n) is 12.1. The number of carbonyl (C=O) groups is 2. The summed E-state index contributed by atoms with van der Waals surface area (Å²) in [7, 11) is 9.23. The first-order chi connectivity index (χ1) is 24.6. The molecule has 0 N–H and O–H groups in total. The Hall–Kier alpha value is -5.42. The molecule has 4 aromatic carbocycles. The highest BCUT2D eigenvalue weighted by atomic mass is 16.5. The van der Waals surface area contributed by atoms with E-state index in [9.17, 15) is 9.59 Å². The van der Waals surface area contributed by atoms with Gasteiger partial charge >= 0.3 is 0 Å². The van der Waals surface area contributed by atoms with Gasteiger partial charge in [0.1, 0.15) is 0 Å². The molecule has 5 rings (SSSR count). The van der Waals surface area contributed by atoms with Crippen molar-refractivity contribution < 1.29 is 52.2 Å². The van der Waals surface area contributed by atoms with Gasteiger partial charge < -0.3 is 42.6 Å². The smallest absolute Gasteiger partial charge is 0.200 e. The summed E-state index contributed by atoms with van der Waals surface area (Å²) in [5.41, 5.74) is 2.73. The van der Waals surface area contributed by atoms with Gasteiger partial charge in [-0.1, -0.05) is 26.0 Å². The van der Waals surface area contributed by atoms with Crippen molar-refractivity contribution in [2.45, 2.75) is 26.1 Å². The van der Waals surface area contributed by atoms with Crippen molar-refractivity contribution in [1.29, 1.82) is 0 Å². The van der Waals surface area contributed by atoms with Gasteiger partial charge in [-0.15, -0.1) is 0 Å². The first-order valence-electron chi connectivity index (χ1n) is 16.4. The lowest BCUT2D eigenvalue weighted by atomic mass is 9.85. The van der Waals surface area contributed by atoms with Crippen molar-refractivity contribution in [3.63, 3.8) is 0 Å². The minimum absolute atomic E-state index is 0.152. The maximum atomic E-state index is 12.9. The molecule has 0 bridgehead atoms. The highest BCUT2D eigenvalue weighted by Gasteiger charge is 2.41. The van der Waals surface area contributed by atoms with Gasteiger partial charge in [0.2, 0.25) is 0 Å². The molecule has 270 valence electrons. The number of benzene rings is 4. The summed E-state index contributed by atoms with van der Waals surface area (Å²) in [5, 5.41) is 0. The average Bonchev–Trinajstić information content (AvgIpc) is 3.47. The Kier molecular flexibility index (Phi) is 11.9. The quantitative estimate of drug-likeness (QED) is 0.109. The molecule has 2 unspecified atom stereocenters. The first-order valence-corrected chi connectivity index (χ1v) is 16.4. The van der Waals surface area contributed by atoms with Crippen molar-refractivity contribution in [2.75, 3.05) is 55.9 Å². The molecule has 0 aliphatic carbocycles. The zero-order valence-electron chi connectivity index (χ0n) is 30.1. The second-order valence-corrected chi connectivity index (χ2v) is 12.1. The first kappa shape index (κ1) is 36.9.